The molecule has 3 aliphatic rings. The molecule has 1 aliphatic carbocycles. The van der Waals surface area contributed by atoms with Crippen molar-refractivity contribution >= 4 is 5.91 Å². The maximum Gasteiger partial charge on any atom is 0.276 e. The number of carbonyl (C=O) groups excluding carboxylic acids is 1. The van der Waals surface area contributed by atoms with Gasteiger partial charge in [-0.05, 0) is 55.3 Å². The van der Waals surface area contributed by atoms with Crippen LogP contribution in [-0.4, -0.2) is 47.2 Å². The number of nitrogens with one attached hydrogen (secondary N) is 2. The van der Waals surface area contributed by atoms with E-state index in [0.29, 0.717) is 5.56 Å². The quantitative estimate of drug-likeness (QED) is 0.557. The third-order valence-corrected chi connectivity index (χ3v) is 5.59. The highest BCUT2D eigenvalue weighted by Gasteiger charge is 2.44. The van der Waals surface area contributed by atoms with Gasteiger partial charge in [0.2, 0.25) is 0 Å². The van der Waals surface area contributed by atoms with E-state index in [4.69, 9.17) is 5.21 Å². The highest BCUT2D eigenvalue weighted by molar-refractivity contribution is 5.93. The normalized spacial score (nSPS) is 30.3. The summed E-state index contributed by atoms with van der Waals surface area (Å²) < 4.78 is 0. The number of hydrogen-bond acceptors (Lipinski definition) is 5. The lowest BCUT2D eigenvalue weighted by Gasteiger charge is -2.51. The second-order valence-corrected chi connectivity index (χ2v) is 6.83. The van der Waals surface area contributed by atoms with E-state index >= 15 is 0 Å². The molecule has 2 fully saturated rings. The number of aromatic nitrogens is 1. The average Bonchev–Trinajstić information content (AvgIpc) is 2.59. The Labute approximate surface area is 129 Å². The van der Waals surface area contributed by atoms with E-state index in [0.717, 1.165) is 48.5 Å². The summed E-state index contributed by atoms with van der Waals surface area (Å²) in [5.41, 5.74) is 4.30. The topological polar surface area (TPSA) is 77.5 Å². The van der Waals surface area contributed by atoms with Crippen LogP contribution in [0.15, 0.2) is 12.3 Å². The Morgan fingerprint density at radius 1 is 1.45 bits per heavy atom. The fourth-order valence-corrected chi connectivity index (χ4v) is 4.26. The van der Waals surface area contributed by atoms with Gasteiger partial charge in [-0.1, -0.05) is 0 Å². The SMILES string of the molecule is O=C(NO)c1cnc2c(c1)CCN(CC1C3CNCC1C3)C2. The highest BCUT2D eigenvalue weighted by Crippen LogP contribution is 2.43. The fourth-order valence-electron chi connectivity index (χ4n) is 4.26. The summed E-state index contributed by atoms with van der Waals surface area (Å²) in [6.45, 7) is 5.45. The second-order valence-electron chi connectivity index (χ2n) is 6.83. The van der Waals surface area contributed by atoms with Gasteiger partial charge in [-0.25, -0.2) is 5.48 Å². The molecule has 6 heteroatoms. The van der Waals surface area contributed by atoms with E-state index in [1.807, 2.05) is 6.07 Å². The molecule has 1 saturated heterocycles. The van der Waals surface area contributed by atoms with Gasteiger partial charge < -0.3 is 5.32 Å². The van der Waals surface area contributed by atoms with Crippen molar-refractivity contribution in [2.75, 3.05) is 26.2 Å². The molecule has 2 bridgehead atoms. The van der Waals surface area contributed by atoms with Crippen LogP contribution in [0.1, 0.15) is 28.0 Å². The first-order chi connectivity index (χ1) is 10.7. The summed E-state index contributed by atoms with van der Waals surface area (Å²) in [6, 6.07) is 1.85. The monoisotopic (exact) mass is 302 g/mol. The summed E-state index contributed by atoms with van der Waals surface area (Å²) in [6.07, 6.45) is 3.88. The van der Waals surface area contributed by atoms with Gasteiger partial charge in [0, 0.05) is 25.8 Å². The molecule has 2 aliphatic heterocycles. The fraction of sp³-hybridized carbons (Fsp3) is 0.625. The largest absolute Gasteiger partial charge is 0.316 e. The lowest BCUT2D eigenvalue weighted by Crippen LogP contribution is -2.56. The number of hydrogen-bond donors (Lipinski definition) is 3. The van der Waals surface area contributed by atoms with Gasteiger partial charge in [-0.2, -0.15) is 0 Å². The molecular formula is C16H22N4O2. The zero-order chi connectivity index (χ0) is 15.1. The minimum absolute atomic E-state index is 0.425. The molecule has 0 radical (unpaired) electrons. The van der Waals surface area contributed by atoms with Gasteiger partial charge in [-0.15, -0.1) is 0 Å². The van der Waals surface area contributed by atoms with Crippen LogP contribution in [0.4, 0.5) is 0 Å². The van der Waals surface area contributed by atoms with Crippen LogP contribution >= 0.6 is 0 Å². The van der Waals surface area contributed by atoms with Crippen LogP contribution in [0.2, 0.25) is 0 Å². The van der Waals surface area contributed by atoms with Crippen LogP contribution in [0.3, 0.4) is 0 Å². The molecule has 3 heterocycles. The highest BCUT2D eigenvalue weighted by atomic mass is 16.5. The predicted molar refractivity (Wildman–Crippen MR) is 80.4 cm³/mol. The summed E-state index contributed by atoms with van der Waals surface area (Å²) in [4.78, 5) is 18.4. The van der Waals surface area contributed by atoms with Crippen molar-refractivity contribution in [1.29, 1.82) is 0 Å². The van der Waals surface area contributed by atoms with Crippen molar-refractivity contribution in [2.24, 2.45) is 17.8 Å². The van der Waals surface area contributed by atoms with Crippen molar-refractivity contribution in [3.05, 3.63) is 29.1 Å². The number of piperidine rings is 2. The molecular weight excluding hydrogens is 280 g/mol. The number of rotatable bonds is 3. The lowest BCUT2D eigenvalue weighted by atomic mass is 9.62. The van der Waals surface area contributed by atoms with E-state index in [1.54, 1.807) is 11.7 Å². The molecule has 0 aromatic carbocycles. The Morgan fingerprint density at radius 3 is 3.00 bits per heavy atom. The van der Waals surface area contributed by atoms with Gasteiger partial charge in [0.1, 0.15) is 0 Å². The maximum atomic E-state index is 11.4. The molecule has 1 aromatic rings. The predicted octanol–water partition coefficient (Wildman–Crippen LogP) is 0.414. The van der Waals surface area contributed by atoms with E-state index in [9.17, 15) is 4.79 Å². The molecule has 6 nitrogen and oxygen atoms in total. The molecule has 2 atom stereocenters. The van der Waals surface area contributed by atoms with E-state index < -0.39 is 5.91 Å². The Balaban J connectivity index is 1.42. The van der Waals surface area contributed by atoms with Crippen molar-refractivity contribution < 1.29 is 10.0 Å². The summed E-state index contributed by atoms with van der Waals surface area (Å²) in [5.74, 6) is 2.09. The van der Waals surface area contributed by atoms with Gasteiger partial charge >= 0.3 is 0 Å². The number of pyridine rings is 1. The molecule has 22 heavy (non-hydrogen) atoms. The minimum Gasteiger partial charge on any atom is -0.316 e. The third kappa shape index (κ3) is 2.41. The molecule has 2 unspecified atom stereocenters. The number of amides is 1. The summed E-state index contributed by atoms with van der Waals surface area (Å²) in [5, 5.41) is 12.2. The standard InChI is InChI=1S/C16H22N4O2/c21-16(19-22)13-3-10-1-2-20(9-15(10)18-7-13)8-14-11-4-12(14)6-17-5-11/h3,7,11-12,14,17,22H,1-2,4-6,8-9H2,(H,19,21). The molecule has 3 N–H and O–H groups in total. The van der Waals surface area contributed by atoms with Gasteiger partial charge in [-0.3, -0.25) is 19.9 Å². The molecule has 4 rings (SSSR count). The Hall–Kier alpha value is -1.50. The Morgan fingerprint density at radius 2 is 2.27 bits per heavy atom. The Bertz CT molecular complexity index is 578. The van der Waals surface area contributed by atoms with Gasteiger partial charge in [0.15, 0.2) is 0 Å². The number of nitrogens with zero attached hydrogens (tertiary/aromatic N) is 2. The number of fused-ring (bicyclic) bond motifs is 3. The zero-order valence-electron chi connectivity index (χ0n) is 12.6. The van der Waals surface area contributed by atoms with Crippen molar-refractivity contribution in [1.82, 2.24) is 20.7 Å². The lowest BCUT2D eigenvalue weighted by molar-refractivity contribution is 0.000509. The van der Waals surface area contributed by atoms with E-state index in [1.165, 1.54) is 26.1 Å². The van der Waals surface area contributed by atoms with Crippen molar-refractivity contribution in [2.45, 2.75) is 19.4 Å². The van der Waals surface area contributed by atoms with Crippen LogP contribution in [-0.2, 0) is 13.0 Å². The smallest absolute Gasteiger partial charge is 0.276 e. The zero-order valence-corrected chi connectivity index (χ0v) is 12.6. The first-order valence-corrected chi connectivity index (χ1v) is 8.10. The van der Waals surface area contributed by atoms with Gasteiger partial charge in [0.05, 0.1) is 11.3 Å². The average molecular weight is 302 g/mol. The summed E-state index contributed by atoms with van der Waals surface area (Å²) >= 11 is 0. The first kappa shape index (κ1) is 14.1. The van der Waals surface area contributed by atoms with Crippen LogP contribution < -0.4 is 10.8 Å². The number of hydroxylamine groups is 1. The van der Waals surface area contributed by atoms with Crippen LogP contribution in [0.25, 0.3) is 0 Å². The molecule has 1 aromatic heterocycles. The Kier molecular flexibility index (Phi) is 3.60. The minimum atomic E-state index is -0.493. The second kappa shape index (κ2) is 5.61. The van der Waals surface area contributed by atoms with Crippen molar-refractivity contribution in [3.63, 3.8) is 0 Å². The van der Waals surface area contributed by atoms with Gasteiger partial charge in [0.25, 0.3) is 5.91 Å². The molecule has 1 amide bonds. The molecule has 0 spiro atoms. The van der Waals surface area contributed by atoms with Crippen molar-refractivity contribution in [3.8, 4) is 0 Å². The summed E-state index contributed by atoms with van der Waals surface area (Å²) in [7, 11) is 0. The van der Waals surface area contributed by atoms with E-state index in [-0.39, 0.29) is 0 Å². The first-order valence-electron chi connectivity index (χ1n) is 8.10. The molecule has 118 valence electrons. The third-order valence-electron chi connectivity index (χ3n) is 5.59. The maximum absolute atomic E-state index is 11.4. The molecule has 1 saturated carbocycles. The number of carbonyl (C=O) groups is 1. The van der Waals surface area contributed by atoms with Crippen LogP contribution in [0, 0.1) is 17.8 Å². The van der Waals surface area contributed by atoms with Crippen LogP contribution in [0.5, 0.6) is 0 Å². The van der Waals surface area contributed by atoms with E-state index in [2.05, 4.69) is 15.2 Å².